The molecule has 3 rings (SSSR count). The molecule has 1 N–H and O–H groups in total. The number of carboxylic acids is 1. The summed E-state index contributed by atoms with van der Waals surface area (Å²) in [6.45, 7) is 3.71. The first-order valence-corrected chi connectivity index (χ1v) is 8.11. The molecule has 7 heteroatoms. The predicted octanol–water partition coefficient (Wildman–Crippen LogP) is 5.31. The number of hydrogen-bond acceptors (Lipinski definition) is 3. The minimum atomic E-state index is -4.44. The van der Waals surface area contributed by atoms with Crippen LogP contribution in [0.5, 0.6) is 0 Å². The van der Waals surface area contributed by atoms with Crippen LogP contribution in [0.2, 0.25) is 0 Å². The van der Waals surface area contributed by atoms with Crippen LogP contribution in [-0.2, 0) is 11.0 Å². The van der Waals surface area contributed by atoms with E-state index in [1.165, 1.54) is 22.3 Å². The van der Waals surface area contributed by atoms with Crippen LogP contribution in [0.4, 0.5) is 18.9 Å². The Hall–Kier alpha value is -2.15. The van der Waals surface area contributed by atoms with Gasteiger partial charge in [0, 0.05) is 10.5 Å². The highest BCUT2D eigenvalue weighted by atomic mass is 32.2. The monoisotopic (exact) mass is 355 g/mol. The van der Waals surface area contributed by atoms with Gasteiger partial charge in [-0.15, -0.1) is 0 Å². The number of fused-ring (bicyclic) bond motifs is 3. The minimum Gasteiger partial charge on any atom is -0.480 e. The number of aliphatic carboxylic acids is 1. The molecule has 3 nitrogen and oxygen atoms in total. The Bertz CT molecular complexity index is 747. The highest BCUT2D eigenvalue weighted by Crippen LogP contribution is 2.47. The molecule has 2 aromatic rings. The lowest BCUT2D eigenvalue weighted by molar-refractivity contribution is -0.137. The maximum absolute atomic E-state index is 12.9. The number of carboxylic acid groups (broad SMARTS) is 1. The lowest BCUT2D eigenvalue weighted by Gasteiger charge is -2.30. The van der Waals surface area contributed by atoms with Gasteiger partial charge < -0.3 is 9.41 Å². The molecule has 0 aromatic heterocycles. The van der Waals surface area contributed by atoms with Gasteiger partial charge in [0.15, 0.2) is 0 Å². The molecule has 0 fully saturated rings. The summed E-state index contributed by atoms with van der Waals surface area (Å²) in [5, 5.41) is 8.99. The van der Waals surface area contributed by atoms with Crippen LogP contribution in [0, 0.1) is 0 Å². The number of alkyl halides is 3. The molecule has 0 bridgehead atoms. The quantitative estimate of drug-likeness (QED) is 0.741. The second-order valence-corrected chi connectivity index (χ2v) is 5.81. The van der Waals surface area contributed by atoms with Gasteiger partial charge in [-0.25, -0.2) is 0 Å². The van der Waals surface area contributed by atoms with E-state index in [2.05, 4.69) is 0 Å². The van der Waals surface area contributed by atoms with E-state index in [1.54, 1.807) is 24.3 Å². The first-order valence-electron chi connectivity index (χ1n) is 7.34. The summed E-state index contributed by atoms with van der Waals surface area (Å²) in [5.41, 5.74) is 0.794. The van der Waals surface area contributed by atoms with Crippen molar-refractivity contribution >= 4 is 23.6 Å². The Morgan fingerprint density at radius 2 is 1.79 bits per heavy atom. The molecule has 0 saturated carbocycles. The highest BCUT2D eigenvalue weighted by Gasteiger charge is 2.33. The van der Waals surface area contributed by atoms with Gasteiger partial charge in [-0.05, 0) is 41.8 Å². The Morgan fingerprint density at radius 1 is 1.12 bits per heavy atom. The largest absolute Gasteiger partial charge is 0.480 e. The number of halogens is 3. The molecule has 0 atom stereocenters. The average Bonchev–Trinajstić information content (AvgIpc) is 2.55. The summed E-state index contributed by atoms with van der Waals surface area (Å²) in [6.07, 6.45) is -4.44. The Labute approximate surface area is 142 Å². The second kappa shape index (κ2) is 7.17. The van der Waals surface area contributed by atoms with Crippen molar-refractivity contribution < 1.29 is 23.1 Å². The van der Waals surface area contributed by atoms with Gasteiger partial charge in [0.2, 0.25) is 0 Å². The van der Waals surface area contributed by atoms with Crippen molar-refractivity contribution in [2.75, 3.05) is 10.8 Å². The molecule has 1 aliphatic rings. The lowest BCUT2D eigenvalue weighted by atomic mass is 10.00. The summed E-state index contributed by atoms with van der Waals surface area (Å²) < 4.78 is 40.3. The summed E-state index contributed by atoms with van der Waals surface area (Å²) in [7, 11) is 0. The van der Waals surface area contributed by atoms with E-state index in [9.17, 15) is 18.0 Å². The minimum absolute atomic E-state index is 0.294. The number of carbonyl (C=O) groups is 1. The molecule has 0 amide bonds. The molecule has 0 radical (unpaired) electrons. The molecule has 0 spiro atoms. The number of nitrogens with zero attached hydrogens (tertiary/aromatic N) is 1. The SMILES string of the molecule is CC.O=C(O)CN1Sc2ccccc2-c2cc(C(F)(F)F)ccc21. The third-order valence-electron chi connectivity index (χ3n) is 3.26. The van der Waals surface area contributed by atoms with Crippen molar-refractivity contribution in [1.82, 2.24) is 0 Å². The normalized spacial score (nSPS) is 12.6. The fourth-order valence-electron chi connectivity index (χ4n) is 2.32. The molecule has 0 saturated heterocycles. The van der Waals surface area contributed by atoms with E-state index in [-0.39, 0.29) is 6.54 Å². The summed E-state index contributed by atoms with van der Waals surface area (Å²) in [6, 6.07) is 10.4. The molecular formula is C17H16F3NO2S. The van der Waals surface area contributed by atoms with Crippen molar-refractivity contribution in [2.24, 2.45) is 0 Å². The third kappa shape index (κ3) is 3.67. The van der Waals surface area contributed by atoms with Crippen LogP contribution < -0.4 is 4.31 Å². The van der Waals surface area contributed by atoms with Crippen molar-refractivity contribution in [1.29, 1.82) is 0 Å². The van der Waals surface area contributed by atoms with Gasteiger partial charge in [0.1, 0.15) is 6.54 Å². The van der Waals surface area contributed by atoms with Crippen LogP contribution in [-0.4, -0.2) is 17.6 Å². The maximum atomic E-state index is 12.9. The first-order chi connectivity index (χ1) is 11.4. The van der Waals surface area contributed by atoms with Crippen molar-refractivity contribution in [3.8, 4) is 11.1 Å². The number of hydrogen-bond donors (Lipinski definition) is 1. The maximum Gasteiger partial charge on any atom is 0.416 e. The Morgan fingerprint density at radius 3 is 2.42 bits per heavy atom. The van der Waals surface area contributed by atoms with Gasteiger partial charge in [-0.2, -0.15) is 13.2 Å². The molecule has 0 unspecified atom stereocenters. The molecular weight excluding hydrogens is 339 g/mol. The van der Waals surface area contributed by atoms with E-state index in [0.717, 1.165) is 17.0 Å². The Balaban J connectivity index is 0.00000100. The summed E-state index contributed by atoms with van der Waals surface area (Å²) in [4.78, 5) is 11.7. The van der Waals surface area contributed by atoms with E-state index >= 15 is 0 Å². The van der Waals surface area contributed by atoms with E-state index < -0.39 is 17.7 Å². The Kier molecular flexibility index (Phi) is 5.43. The summed E-state index contributed by atoms with van der Waals surface area (Å²) >= 11 is 1.21. The van der Waals surface area contributed by atoms with E-state index in [1.807, 2.05) is 13.8 Å². The summed E-state index contributed by atoms with van der Waals surface area (Å²) in [5.74, 6) is -1.04. The molecule has 1 heterocycles. The standard InChI is InChI=1S/C15H10F3NO2S.C2H6/c16-15(17,18)9-5-6-12-11(7-9)10-3-1-2-4-13(10)22-19(12)8-14(20)21;1-2/h1-7H,8H2,(H,20,21);1-2H3. The van der Waals surface area contributed by atoms with Gasteiger partial charge >= 0.3 is 12.1 Å². The van der Waals surface area contributed by atoms with Gasteiger partial charge in [-0.3, -0.25) is 4.79 Å². The molecule has 2 aromatic carbocycles. The third-order valence-corrected chi connectivity index (χ3v) is 4.36. The van der Waals surface area contributed by atoms with Gasteiger partial charge in [0.25, 0.3) is 0 Å². The second-order valence-electron chi connectivity index (χ2n) is 4.75. The zero-order valence-electron chi connectivity index (χ0n) is 13.1. The van der Waals surface area contributed by atoms with E-state index in [4.69, 9.17) is 5.11 Å². The lowest BCUT2D eigenvalue weighted by Crippen LogP contribution is -2.25. The van der Waals surface area contributed by atoms with Crippen LogP contribution in [0.3, 0.4) is 0 Å². The fourth-order valence-corrected chi connectivity index (χ4v) is 3.41. The number of benzene rings is 2. The topological polar surface area (TPSA) is 40.5 Å². The van der Waals surface area contributed by atoms with Crippen LogP contribution in [0.25, 0.3) is 11.1 Å². The predicted molar refractivity (Wildman–Crippen MR) is 89.1 cm³/mol. The zero-order valence-corrected chi connectivity index (χ0v) is 13.9. The smallest absolute Gasteiger partial charge is 0.416 e. The average molecular weight is 355 g/mol. The molecule has 0 aliphatic carbocycles. The number of rotatable bonds is 2. The van der Waals surface area contributed by atoms with Crippen LogP contribution in [0.1, 0.15) is 19.4 Å². The number of anilines is 1. The molecule has 24 heavy (non-hydrogen) atoms. The van der Waals surface area contributed by atoms with Crippen molar-refractivity contribution in [2.45, 2.75) is 24.9 Å². The van der Waals surface area contributed by atoms with Gasteiger partial charge in [-0.1, -0.05) is 32.0 Å². The van der Waals surface area contributed by atoms with Crippen molar-refractivity contribution in [3.63, 3.8) is 0 Å². The molecule has 128 valence electrons. The van der Waals surface area contributed by atoms with Crippen LogP contribution in [0.15, 0.2) is 47.4 Å². The van der Waals surface area contributed by atoms with Crippen LogP contribution >= 0.6 is 11.9 Å². The molecule has 1 aliphatic heterocycles. The highest BCUT2D eigenvalue weighted by molar-refractivity contribution is 8.01. The van der Waals surface area contributed by atoms with Gasteiger partial charge in [0.05, 0.1) is 11.3 Å². The first kappa shape index (κ1) is 18.2. The fraction of sp³-hybridized carbons (Fsp3) is 0.235. The zero-order chi connectivity index (χ0) is 17.9. The van der Waals surface area contributed by atoms with Crippen molar-refractivity contribution in [3.05, 3.63) is 48.0 Å². The van der Waals surface area contributed by atoms with E-state index in [0.29, 0.717) is 16.8 Å².